The van der Waals surface area contributed by atoms with Crippen LogP contribution in [0.2, 0.25) is 0 Å². The van der Waals surface area contributed by atoms with Crippen molar-refractivity contribution in [3.8, 4) is 17.2 Å². The molecule has 2 aromatic heterocycles. The van der Waals surface area contributed by atoms with Crippen LogP contribution in [-0.4, -0.2) is 42.3 Å². The first-order valence-corrected chi connectivity index (χ1v) is 10.5. The quantitative estimate of drug-likeness (QED) is 0.329. The first kappa shape index (κ1) is 22.9. The molecule has 0 unspecified atom stereocenters. The van der Waals surface area contributed by atoms with Gasteiger partial charge in [0.05, 0.1) is 33.2 Å². The number of thiol groups is 1. The number of pyridine rings is 1. The predicted molar refractivity (Wildman–Crippen MR) is 134 cm³/mol. The number of para-hydroxylation sites is 1. The molecule has 0 aliphatic heterocycles. The van der Waals surface area contributed by atoms with Gasteiger partial charge in [0.1, 0.15) is 11.3 Å². The summed E-state index contributed by atoms with van der Waals surface area (Å²) in [5.74, 6) is 2.23. The molecule has 0 fully saturated rings. The van der Waals surface area contributed by atoms with Gasteiger partial charge in [0, 0.05) is 17.8 Å². The maximum absolute atomic E-state index is 12.5. The van der Waals surface area contributed by atoms with Gasteiger partial charge < -0.3 is 19.5 Å². The highest BCUT2D eigenvalue weighted by atomic mass is 32.1. The van der Waals surface area contributed by atoms with Crippen LogP contribution in [0.5, 0.6) is 17.2 Å². The van der Waals surface area contributed by atoms with E-state index in [1.54, 1.807) is 56.8 Å². The second-order valence-corrected chi connectivity index (χ2v) is 7.31. The number of benzene rings is 2. The van der Waals surface area contributed by atoms with Crippen molar-refractivity contribution in [1.29, 1.82) is 0 Å². The highest BCUT2D eigenvalue weighted by molar-refractivity contribution is 7.82. The zero-order valence-electron chi connectivity index (χ0n) is 18.6. The van der Waals surface area contributed by atoms with Crippen LogP contribution in [0, 0.1) is 0 Å². The smallest absolute Gasteiger partial charge is 0.337 e. The molecule has 0 radical (unpaired) electrons. The van der Waals surface area contributed by atoms with Gasteiger partial charge in [-0.2, -0.15) is 0 Å². The Morgan fingerprint density at radius 2 is 1.59 bits per heavy atom. The number of hydrogen-bond acceptors (Lipinski definition) is 9. The summed E-state index contributed by atoms with van der Waals surface area (Å²) in [6.45, 7) is 0. The molecule has 0 bridgehead atoms. The molecule has 4 aromatic rings. The van der Waals surface area contributed by atoms with Gasteiger partial charge in [0.2, 0.25) is 5.75 Å². The number of amides is 2. The van der Waals surface area contributed by atoms with E-state index in [1.165, 1.54) is 11.4 Å². The van der Waals surface area contributed by atoms with Gasteiger partial charge in [0.25, 0.3) is 0 Å². The van der Waals surface area contributed by atoms with Gasteiger partial charge in [-0.05, 0) is 24.3 Å². The van der Waals surface area contributed by atoms with Gasteiger partial charge in [0.15, 0.2) is 23.0 Å². The Hall–Kier alpha value is -4.25. The standard InChI is InChI=1S/C23H22N6O4S/c1-31-17-11-14(12-18(32-2)21(17)33-3)25-20-13-24-16-9-10-19(26-22(16)27-20)28-23(30)29(34)15-7-5-4-6-8-15/h4-13,34H,1-3H3,(H2,25,26,27,28,30). The van der Waals surface area contributed by atoms with E-state index in [-0.39, 0.29) is 0 Å². The largest absolute Gasteiger partial charge is 0.493 e. The highest BCUT2D eigenvalue weighted by Gasteiger charge is 2.15. The number of aromatic nitrogens is 3. The van der Waals surface area contributed by atoms with Crippen LogP contribution in [0.3, 0.4) is 0 Å². The zero-order valence-corrected chi connectivity index (χ0v) is 19.5. The molecule has 0 aliphatic rings. The molecule has 0 aliphatic carbocycles. The van der Waals surface area contributed by atoms with Gasteiger partial charge in [-0.3, -0.25) is 5.32 Å². The number of nitrogens with one attached hydrogen (secondary N) is 2. The number of urea groups is 1. The number of anilines is 4. The van der Waals surface area contributed by atoms with Crippen LogP contribution in [0.4, 0.5) is 27.8 Å². The van der Waals surface area contributed by atoms with E-state index in [1.807, 2.05) is 18.2 Å². The molecule has 0 saturated carbocycles. The van der Waals surface area contributed by atoms with Gasteiger partial charge >= 0.3 is 6.03 Å². The topological polar surface area (TPSA) is 111 Å². The maximum atomic E-state index is 12.5. The van der Waals surface area contributed by atoms with E-state index in [4.69, 9.17) is 14.2 Å². The Morgan fingerprint density at radius 1 is 0.912 bits per heavy atom. The lowest BCUT2D eigenvalue weighted by molar-refractivity contribution is 0.260. The van der Waals surface area contributed by atoms with Crippen molar-refractivity contribution >= 4 is 53.0 Å². The molecule has 2 N–H and O–H groups in total. The van der Waals surface area contributed by atoms with Crippen molar-refractivity contribution < 1.29 is 19.0 Å². The fraction of sp³-hybridized carbons (Fsp3) is 0.130. The van der Waals surface area contributed by atoms with Crippen molar-refractivity contribution in [3.05, 3.63) is 60.8 Å². The molecule has 0 saturated heterocycles. The van der Waals surface area contributed by atoms with Gasteiger partial charge in [-0.1, -0.05) is 31.0 Å². The average Bonchev–Trinajstić information content (AvgIpc) is 2.87. The van der Waals surface area contributed by atoms with E-state index >= 15 is 0 Å². The number of nitrogens with zero attached hydrogens (tertiary/aromatic N) is 4. The van der Waals surface area contributed by atoms with Crippen LogP contribution >= 0.6 is 12.8 Å². The Morgan fingerprint density at radius 3 is 2.24 bits per heavy atom. The van der Waals surface area contributed by atoms with Crippen LogP contribution in [0.15, 0.2) is 60.8 Å². The Labute approximate surface area is 201 Å². The number of fused-ring (bicyclic) bond motifs is 1. The number of carbonyl (C=O) groups is 1. The molecule has 0 atom stereocenters. The maximum Gasteiger partial charge on any atom is 0.337 e. The molecule has 10 nitrogen and oxygen atoms in total. The SMILES string of the molecule is COc1cc(Nc2cnc3ccc(NC(=O)N(S)c4ccccc4)nc3n2)cc(OC)c1OC. The summed E-state index contributed by atoms with van der Waals surface area (Å²) >= 11 is 4.26. The second kappa shape index (κ2) is 10.1. The summed E-state index contributed by atoms with van der Waals surface area (Å²) in [4.78, 5) is 25.9. The molecule has 2 aromatic carbocycles. The highest BCUT2D eigenvalue weighted by Crippen LogP contribution is 2.40. The average molecular weight is 479 g/mol. The van der Waals surface area contributed by atoms with Gasteiger partial charge in [-0.15, -0.1) is 0 Å². The fourth-order valence-electron chi connectivity index (χ4n) is 3.18. The third kappa shape index (κ3) is 4.89. The minimum Gasteiger partial charge on any atom is -0.493 e. The molecule has 0 spiro atoms. The van der Waals surface area contributed by atoms with E-state index in [0.29, 0.717) is 51.4 Å². The fourth-order valence-corrected chi connectivity index (χ4v) is 3.36. The Kier molecular flexibility index (Phi) is 6.83. The predicted octanol–water partition coefficient (Wildman–Crippen LogP) is 4.68. The molecule has 2 heterocycles. The summed E-state index contributed by atoms with van der Waals surface area (Å²) in [6, 6.07) is 15.4. The molecular weight excluding hydrogens is 456 g/mol. The van der Waals surface area contributed by atoms with Crippen LogP contribution < -0.4 is 29.1 Å². The van der Waals surface area contributed by atoms with Gasteiger partial charge in [-0.25, -0.2) is 24.1 Å². The number of hydrogen-bond donors (Lipinski definition) is 3. The Bertz CT molecular complexity index is 1300. The van der Waals surface area contributed by atoms with Crippen LogP contribution in [-0.2, 0) is 0 Å². The normalized spacial score (nSPS) is 10.5. The third-order valence-electron chi connectivity index (χ3n) is 4.77. The van der Waals surface area contributed by atoms with Crippen LogP contribution in [0.1, 0.15) is 0 Å². The Balaban J connectivity index is 1.56. The van der Waals surface area contributed by atoms with E-state index in [0.717, 1.165) is 0 Å². The number of carbonyl (C=O) groups excluding carboxylic acids is 1. The van der Waals surface area contributed by atoms with Crippen LogP contribution in [0.25, 0.3) is 11.2 Å². The van der Waals surface area contributed by atoms with Crippen molar-refractivity contribution in [3.63, 3.8) is 0 Å². The summed E-state index contributed by atoms with van der Waals surface area (Å²) in [6.07, 6.45) is 1.58. The molecule has 2 amide bonds. The monoisotopic (exact) mass is 478 g/mol. The van der Waals surface area contributed by atoms with Crippen molar-refractivity contribution in [2.45, 2.75) is 0 Å². The van der Waals surface area contributed by atoms with E-state index in [2.05, 4.69) is 38.4 Å². The summed E-state index contributed by atoms with van der Waals surface area (Å²) in [7, 11) is 4.62. The van der Waals surface area contributed by atoms with Crippen molar-refractivity contribution in [1.82, 2.24) is 15.0 Å². The minimum atomic E-state index is -0.457. The number of rotatable bonds is 7. The molecule has 4 rings (SSSR count). The lowest BCUT2D eigenvalue weighted by atomic mass is 10.2. The number of ether oxygens (including phenoxy) is 3. The third-order valence-corrected chi connectivity index (χ3v) is 5.18. The first-order valence-electron chi connectivity index (χ1n) is 10.1. The molecule has 174 valence electrons. The van der Waals surface area contributed by atoms with E-state index in [9.17, 15) is 4.79 Å². The summed E-state index contributed by atoms with van der Waals surface area (Å²) in [5, 5.41) is 5.87. The van der Waals surface area contributed by atoms with Crippen molar-refractivity contribution in [2.24, 2.45) is 0 Å². The lowest BCUT2D eigenvalue weighted by Crippen LogP contribution is -2.27. The molecule has 34 heavy (non-hydrogen) atoms. The first-order chi connectivity index (χ1) is 16.5. The number of methoxy groups -OCH3 is 3. The van der Waals surface area contributed by atoms with Crippen molar-refractivity contribution in [2.75, 3.05) is 36.3 Å². The van der Waals surface area contributed by atoms with E-state index < -0.39 is 6.03 Å². The minimum absolute atomic E-state index is 0.312. The zero-order chi connectivity index (χ0) is 24.1. The summed E-state index contributed by atoms with van der Waals surface area (Å²) in [5.41, 5.74) is 2.20. The molecular formula is C23H22N6O4S. The summed E-state index contributed by atoms with van der Waals surface area (Å²) < 4.78 is 17.3. The molecule has 11 heteroatoms. The second-order valence-electron chi connectivity index (χ2n) is 6.91. The lowest BCUT2D eigenvalue weighted by Gasteiger charge is -2.16.